The van der Waals surface area contributed by atoms with E-state index in [1.54, 1.807) is 0 Å². The Labute approximate surface area is 235 Å². The van der Waals surface area contributed by atoms with E-state index < -0.39 is 0 Å². The van der Waals surface area contributed by atoms with E-state index in [1.165, 1.54) is 148 Å². The van der Waals surface area contributed by atoms with Gasteiger partial charge in [-0.15, -0.1) is 0 Å². The van der Waals surface area contributed by atoms with E-state index in [4.69, 9.17) is 0 Å². The van der Waals surface area contributed by atoms with E-state index in [1.807, 2.05) is 0 Å². The van der Waals surface area contributed by atoms with Crippen LogP contribution in [0.15, 0.2) is 48.6 Å². The third-order valence-corrected chi connectivity index (χ3v) is 7.23. The van der Waals surface area contributed by atoms with Crippen molar-refractivity contribution in [2.75, 3.05) is 20.1 Å². The molecule has 0 atom stereocenters. The molecule has 0 aliphatic heterocycles. The molecule has 0 aromatic rings. The van der Waals surface area contributed by atoms with Gasteiger partial charge in [-0.1, -0.05) is 140 Å². The Morgan fingerprint density at radius 3 is 1.08 bits per heavy atom. The zero-order chi connectivity index (χ0) is 26.9. The molecule has 0 saturated heterocycles. The lowest BCUT2D eigenvalue weighted by molar-refractivity contribution is 0.314. The summed E-state index contributed by atoms with van der Waals surface area (Å²) in [6.07, 6.45) is 49.5. The molecule has 0 N–H and O–H groups in total. The van der Waals surface area contributed by atoms with Crippen molar-refractivity contribution in [2.45, 2.75) is 162 Å². The molecular weight excluding hydrogens is 446 g/mol. The van der Waals surface area contributed by atoms with Gasteiger partial charge in [0.1, 0.15) is 0 Å². The average Bonchev–Trinajstić information content (AvgIpc) is 2.90. The van der Waals surface area contributed by atoms with Crippen LogP contribution in [0.5, 0.6) is 0 Å². The third kappa shape index (κ3) is 32.9. The third-order valence-electron chi connectivity index (χ3n) is 7.23. The Bertz CT molecular complexity index is 527. The maximum atomic E-state index is 2.56. The van der Waals surface area contributed by atoms with E-state index in [-0.39, 0.29) is 0 Å². The van der Waals surface area contributed by atoms with Gasteiger partial charge in [0.05, 0.1) is 0 Å². The fourth-order valence-electron chi connectivity index (χ4n) is 4.66. The van der Waals surface area contributed by atoms with Crippen LogP contribution in [0.1, 0.15) is 162 Å². The summed E-state index contributed by atoms with van der Waals surface area (Å²) in [7, 11) is 2.32. The topological polar surface area (TPSA) is 3.24 Å². The van der Waals surface area contributed by atoms with Gasteiger partial charge in [-0.05, 0) is 90.8 Å². The molecule has 0 saturated carbocycles. The summed E-state index contributed by atoms with van der Waals surface area (Å²) in [5.74, 6) is 0. The fraction of sp³-hybridized carbons (Fsp3) is 0.778. The normalized spacial score (nSPS) is 12.5. The van der Waals surface area contributed by atoms with Gasteiger partial charge in [0, 0.05) is 0 Å². The second-order valence-corrected chi connectivity index (χ2v) is 11.1. The fourth-order valence-corrected chi connectivity index (χ4v) is 4.66. The highest BCUT2D eigenvalue weighted by molar-refractivity contribution is 4.93. The van der Waals surface area contributed by atoms with E-state index in [0.717, 1.165) is 12.8 Å². The summed E-state index contributed by atoms with van der Waals surface area (Å²) in [6, 6.07) is 0. The van der Waals surface area contributed by atoms with Crippen molar-refractivity contribution in [3.8, 4) is 0 Å². The summed E-state index contributed by atoms with van der Waals surface area (Å²) < 4.78 is 0. The first-order chi connectivity index (χ1) is 18.3. The van der Waals surface area contributed by atoms with Gasteiger partial charge in [-0.25, -0.2) is 0 Å². The first-order valence-corrected chi connectivity index (χ1v) is 16.6. The summed E-state index contributed by atoms with van der Waals surface area (Å²) in [5, 5.41) is 0. The predicted molar refractivity (Wildman–Crippen MR) is 172 cm³/mol. The van der Waals surface area contributed by atoms with Crippen molar-refractivity contribution in [1.82, 2.24) is 4.90 Å². The van der Waals surface area contributed by atoms with Gasteiger partial charge < -0.3 is 4.90 Å². The molecule has 1 nitrogen and oxygen atoms in total. The van der Waals surface area contributed by atoms with E-state index in [9.17, 15) is 0 Å². The van der Waals surface area contributed by atoms with Gasteiger partial charge in [0.15, 0.2) is 0 Å². The second-order valence-electron chi connectivity index (χ2n) is 11.1. The van der Waals surface area contributed by atoms with Crippen LogP contribution in [0.4, 0.5) is 0 Å². The molecule has 0 heterocycles. The molecule has 0 unspecified atom stereocenters. The van der Waals surface area contributed by atoms with E-state index in [0.29, 0.717) is 0 Å². The maximum absolute atomic E-state index is 2.56. The molecule has 1 heteroatoms. The van der Waals surface area contributed by atoms with Gasteiger partial charge in [-0.2, -0.15) is 0 Å². The number of nitrogens with zero attached hydrogens (tertiary/aromatic N) is 1. The SMILES string of the molecule is CCCC/C=C\C/C=C\CCCCCCCCN(C)CCCCCCCC/C=C\C/C=C\CCCCC. The molecule has 0 amide bonds. The Morgan fingerprint density at radius 1 is 0.351 bits per heavy atom. The van der Waals surface area contributed by atoms with Gasteiger partial charge in [0.2, 0.25) is 0 Å². The second kappa shape index (κ2) is 32.9. The summed E-state index contributed by atoms with van der Waals surface area (Å²) >= 11 is 0. The summed E-state index contributed by atoms with van der Waals surface area (Å²) in [4.78, 5) is 2.56. The monoisotopic (exact) mass is 514 g/mol. The van der Waals surface area contributed by atoms with E-state index in [2.05, 4.69) is 74.4 Å². The summed E-state index contributed by atoms with van der Waals surface area (Å²) in [5.41, 5.74) is 0. The van der Waals surface area contributed by atoms with Crippen LogP contribution in [0, 0.1) is 0 Å². The van der Waals surface area contributed by atoms with Crippen LogP contribution in [-0.4, -0.2) is 25.0 Å². The molecule has 0 aliphatic rings. The van der Waals surface area contributed by atoms with Gasteiger partial charge in [-0.3, -0.25) is 0 Å². The van der Waals surface area contributed by atoms with Crippen LogP contribution in [0.25, 0.3) is 0 Å². The molecule has 0 aromatic heterocycles. The van der Waals surface area contributed by atoms with Crippen molar-refractivity contribution in [2.24, 2.45) is 0 Å². The van der Waals surface area contributed by atoms with Crippen molar-refractivity contribution < 1.29 is 0 Å². The zero-order valence-corrected chi connectivity index (χ0v) is 25.7. The quantitative estimate of drug-likeness (QED) is 0.0710. The van der Waals surface area contributed by atoms with E-state index >= 15 is 0 Å². The molecular formula is C36H67N. The number of allylic oxidation sites excluding steroid dienone is 8. The molecule has 0 spiro atoms. The van der Waals surface area contributed by atoms with Crippen LogP contribution in [0.3, 0.4) is 0 Å². The standard InChI is InChI=1S/C36H67N/c1-4-6-8-10-12-14-16-18-20-22-24-26-28-30-32-34-36-37(3)35-33-31-29-27-25-23-21-19-17-15-13-11-9-7-5-2/h11-14,17-20H,4-10,15-16,21-36H2,1-3H3/b13-11-,14-12-,19-17-,20-18-. The highest BCUT2D eigenvalue weighted by atomic mass is 15.1. The Morgan fingerprint density at radius 2 is 0.676 bits per heavy atom. The summed E-state index contributed by atoms with van der Waals surface area (Å²) in [6.45, 7) is 7.10. The Hall–Kier alpha value is -1.08. The zero-order valence-electron chi connectivity index (χ0n) is 25.7. The van der Waals surface area contributed by atoms with Crippen molar-refractivity contribution in [1.29, 1.82) is 0 Å². The largest absolute Gasteiger partial charge is 0.306 e. The highest BCUT2D eigenvalue weighted by Gasteiger charge is 1.99. The molecule has 0 bridgehead atoms. The molecule has 0 radical (unpaired) electrons. The average molecular weight is 514 g/mol. The Kier molecular flexibility index (Phi) is 32.0. The van der Waals surface area contributed by atoms with Crippen molar-refractivity contribution in [3.05, 3.63) is 48.6 Å². The molecule has 37 heavy (non-hydrogen) atoms. The lowest BCUT2D eigenvalue weighted by atomic mass is 10.1. The van der Waals surface area contributed by atoms with Crippen LogP contribution < -0.4 is 0 Å². The smallest absolute Gasteiger partial charge is 0.00218 e. The number of rotatable bonds is 29. The first kappa shape index (κ1) is 35.9. The first-order valence-electron chi connectivity index (χ1n) is 16.6. The lowest BCUT2D eigenvalue weighted by Gasteiger charge is -2.16. The number of hydrogen-bond acceptors (Lipinski definition) is 1. The van der Waals surface area contributed by atoms with Crippen molar-refractivity contribution >= 4 is 0 Å². The maximum Gasteiger partial charge on any atom is -0.00218 e. The lowest BCUT2D eigenvalue weighted by Crippen LogP contribution is -2.20. The molecule has 0 fully saturated rings. The predicted octanol–water partition coefficient (Wildman–Crippen LogP) is 12.2. The Balaban J connectivity index is 3.29. The van der Waals surface area contributed by atoms with Crippen molar-refractivity contribution in [3.63, 3.8) is 0 Å². The molecule has 216 valence electrons. The minimum absolute atomic E-state index is 1.12. The number of hydrogen-bond donors (Lipinski definition) is 0. The molecule has 0 rings (SSSR count). The number of unbranched alkanes of at least 4 members (excludes halogenated alkanes) is 17. The molecule has 0 aromatic carbocycles. The minimum atomic E-state index is 1.12. The molecule has 0 aliphatic carbocycles. The van der Waals surface area contributed by atoms with Gasteiger partial charge in [0.25, 0.3) is 0 Å². The minimum Gasteiger partial charge on any atom is -0.306 e. The van der Waals surface area contributed by atoms with Gasteiger partial charge >= 0.3 is 0 Å². The van der Waals surface area contributed by atoms with Crippen LogP contribution in [0.2, 0.25) is 0 Å². The van der Waals surface area contributed by atoms with Crippen LogP contribution in [-0.2, 0) is 0 Å². The van der Waals surface area contributed by atoms with Crippen LogP contribution >= 0.6 is 0 Å². The highest BCUT2D eigenvalue weighted by Crippen LogP contribution is 2.10.